The van der Waals surface area contributed by atoms with E-state index in [2.05, 4.69) is 51.0 Å². The molecule has 2 aromatic heterocycles. The van der Waals surface area contributed by atoms with Crippen molar-refractivity contribution in [3.63, 3.8) is 0 Å². The van der Waals surface area contributed by atoms with Crippen LogP contribution in [0.3, 0.4) is 0 Å². The molecule has 6 heterocycles. The summed E-state index contributed by atoms with van der Waals surface area (Å²) in [7, 11) is 0. The van der Waals surface area contributed by atoms with Crippen molar-refractivity contribution in [2.45, 2.75) is 37.8 Å². The van der Waals surface area contributed by atoms with Crippen LogP contribution in [0.25, 0.3) is 21.8 Å². The predicted molar refractivity (Wildman–Crippen MR) is 257 cm³/mol. The molecule has 0 bridgehead atoms. The molecule has 4 aliphatic rings. The number of rotatable bonds is 12. The van der Waals surface area contributed by atoms with E-state index in [0.29, 0.717) is 108 Å². The fraction of sp³-hybridized carbons (Fsp3) is 0.383. The summed E-state index contributed by atoms with van der Waals surface area (Å²) in [6.45, 7) is 8.58. The number of hydrogen-bond acceptors (Lipinski definition) is 17. The lowest BCUT2D eigenvalue weighted by Gasteiger charge is -2.36. The lowest BCUT2D eigenvalue weighted by atomic mass is 9.96. The number of carbonyl (C=O) groups excluding carboxylic acids is 1. The molecule has 4 fully saturated rings. The summed E-state index contributed by atoms with van der Waals surface area (Å²) in [6.07, 6.45) is 6.10. The SMILES string of the molecule is O=C(c1ccccc1N1CCC(Nc2ncnc3cc(N4CCNCC4)c([N+](=O)[O-])cc23)CC1)c1ccccc1N1CCC(Nc2ncnc3cc(N4CCNCC4)c([N+](=O)[O-])cc23)CC1. The number of nitro groups is 2. The highest BCUT2D eigenvalue weighted by Gasteiger charge is 2.30. The van der Waals surface area contributed by atoms with Crippen molar-refractivity contribution < 1.29 is 14.6 Å². The Balaban J connectivity index is 0.803. The summed E-state index contributed by atoms with van der Waals surface area (Å²) < 4.78 is 0. The molecule has 0 aliphatic carbocycles. The van der Waals surface area contributed by atoms with E-state index in [9.17, 15) is 25.0 Å². The van der Waals surface area contributed by atoms with Gasteiger partial charge in [0.25, 0.3) is 11.4 Å². The zero-order valence-electron chi connectivity index (χ0n) is 36.6. The Morgan fingerprint density at radius 3 is 1.30 bits per heavy atom. The van der Waals surface area contributed by atoms with Crippen molar-refractivity contribution in [2.75, 3.05) is 109 Å². The van der Waals surface area contributed by atoms with E-state index in [-0.39, 0.29) is 39.1 Å². The first-order valence-electron chi connectivity index (χ1n) is 22.8. The van der Waals surface area contributed by atoms with E-state index in [1.807, 2.05) is 70.5 Å². The van der Waals surface area contributed by atoms with Gasteiger partial charge in [0.1, 0.15) is 35.7 Å². The van der Waals surface area contributed by atoms with Gasteiger partial charge >= 0.3 is 0 Å². The summed E-state index contributed by atoms with van der Waals surface area (Å²) in [6, 6.07) is 22.6. The van der Waals surface area contributed by atoms with Crippen molar-refractivity contribution >= 4 is 73.3 Å². The Morgan fingerprint density at radius 2 is 0.909 bits per heavy atom. The van der Waals surface area contributed by atoms with E-state index in [1.165, 1.54) is 12.7 Å². The van der Waals surface area contributed by atoms with Gasteiger partial charge in [-0.3, -0.25) is 25.0 Å². The molecule has 66 heavy (non-hydrogen) atoms. The van der Waals surface area contributed by atoms with E-state index in [1.54, 1.807) is 12.1 Å². The highest BCUT2D eigenvalue weighted by atomic mass is 16.6. The standard InChI is InChI=1S/C47H52N14O5/c62-45(33-5-1-3-7-39(33)56-17-9-31(10-18-56)54-46-35-25-43(60(63)64)41(27-37(35)50-29-52-46)58-21-13-48-14-22-58)34-6-2-4-8-40(34)57-19-11-32(12-20-57)55-47-36-26-44(61(65)66)42(28-38(36)51-30-53-47)59-23-15-49-16-24-59/h1-8,25-32,48-49H,9-24H2,(H,50,52,54)(H,51,53,55). The minimum Gasteiger partial charge on any atom is -0.371 e. The van der Waals surface area contributed by atoms with Crippen molar-refractivity contribution in [1.29, 1.82) is 0 Å². The van der Waals surface area contributed by atoms with Gasteiger partial charge in [0.05, 0.1) is 20.9 Å². The highest BCUT2D eigenvalue weighted by Crippen LogP contribution is 2.38. The van der Waals surface area contributed by atoms with Crippen LogP contribution in [-0.4, -0.2) is 126 Å². The Labute approximate surface area is 380 Å². The number of nitrogens with one attached hydrogen (secondary N) is 4. The lowest BCUT2D eigenvalue weighted by molar-refractivity contribution is -0.384. The number of piperidine rings is 2. The van der Waals surface area contributed by atoms with Crippen LogP contribution in [-0.2, 0) is 0 Å². The van der Waals surface area contributed by atoms with E-state index in [4.69, 9.17) is 0 Å². The summed E-state index contributed by atoms with van der Waals surface area (Å²) in [5, 5.41) is 39.5. The summed E-state index contributed by atoms with van der Waals surface area (Å²) in [4.78, 5) is 65.2. The van der Waals surface area contributed by atoms with Crippen LogP contribution in [0.1, 0.15) is 41.6 Å². The molecule has 340 valence electrons. The molecule has 0 radical (unpaired) electrons. The number of hydrogen-bond donors (Lipinski definition) is 4. The second-order valence-corrected chi connectivity index (χ2v) is 17.3. The molecule has 4 aromatic carbocycles. The number of piperazine rings is 2. The molecule has 6 aromatic rings. The summed E-state index contributed by atoms with van der Waals surface area (Å²) in [5.74, 6) is 1.12. The second kappa shape index (κ2) is 18.7. The molecule has 4 N–H and O–H groups in total. The highest BCUT2D eigenvalue weighted by molar-refractivity contribution is 6.15. The predicted octanol–water partition coefficient (Wildman–Crippen LogP) is 5.60. The van der Waals surface area contributed by atoms with Gasteiger partial charge in [-0.05, 0) is 62.1 Å². The monoisotopic (exact) mass is 892 g/mol. The number of ketones is 1. The van der Waals surface area contributed by atoms with E-state index >= 15 is 0 Å². The maximum atomic E-state index is 14.6. The van der Waals surface area contributed by atoms with Crippen molar-refractivity contribution in [3.05, 3.63) is 117 Å². The maximum absolute atomic E-state index is 14.6. The van der Waals surface area contributed by atoms with Gasteiger partial charge in [0.2, 0.25) is 0 Å². The molecule has 0 atom stereocenters. The zero-order valence-corrected chi connectivity index (χ0v) is 36.6. The quantitative estimate of drug-likeness (QED) is 0.0668. The Kier molecular flexibility index (Phi) is 12.1. The van der Waals surface area contributed by atoms with Crippen LogP contribution < -0.4 is 40.9 Å². The molecule has 4 aliphatic heterocycles. The number of benzene rings is 4. The van der Waals surface area contributed by atoms with E-state index in [0.717, 1.165) is 63.2 Å². The van der Waals surface area contributed by atoms with Gasteiger partial charge < -0.3 is 40.9 Å². The van der Waals surface area contributed by atoms with Crippen LogP contribution in [0.15, 0.2) is 85.5 Å². The molecule has 19 heteroatoms. The molecule has 0 amide bonds. The van der Waals surface area contributed by atoms with Crippen LogP contribution in [0.5, 0.6) is 0 Å². The average molecular weight is 893 g/mol. The largest absolute Gasteiger partial charge is 0.371 e. The first-order chi connectivity index (χ1) is 32.3. The van der Waals surface area contributed by atoms with Crippen molar-refractivity contribution in [2.24, 2.45) is 0 Å². The van der Waals surface area contributed by atoms with Gasteiger partial charge in [-0.15, -0.1) is 0 Å². The Hall–Kier alpha value is -7.25. The van der Waals surface area contributed by atoms with Gasteiger partial charge in [-0.2, -0.15) is 0 Å². The number of para-hydroxylation sites is 2. The van der Waals surface area contributed by atoms with Crippen LogP contribution in [0.2, 0.25) is 0 Å². The summed E-state index contributed by atoms with van der Waals surface area (Å²) >= 11 is 0. The van der Waals surface area contributed by atoms with Gasteiger partial charge in [-0.1, -0.05) is 24.3 Å². The first-order valence-corrected chi connectivity index (χ1v) is 22.8. The molecular formula is C47H52N14O5. The number of aromatic nitrogens is 4. The Bertz CT molecular complexity index is 2600. The molecule has 0 saturated carbocycles. The molecule has 0 unspecified atom stereocenters. The Morgan fingerprint density at radius 1 is 0.530 bits per heavy atom. The fourth-order valence-electron chi connectivity index (χ4n) is 9.95. The topological polar surface area (TPSA) is 216 Å². The normalized spacial score (nSPS) is 17.6. The molecule has 19 nitrogen and oxygen atoms in total. The van der Waals surface area contributed by atoms with Crippen molar-refractivity contribution in [1.82, 2.24) is 30.6 Å². The number of carbonyl (C=O) groups is 1. The first kappa shape index (κ1) is 42.7. The number of nitrogens with zero attached hydrogens (tertiary/aromatic N) is 10. The molecule has 10 rings (SSSR count). The summed E-state index contributed by atoms with van der Waals surface area (Å²) in [5.41, 5.74) is 5.62. The number of nitro benzene ring substituents is 2. The van der Waals surface area contributed by atoms with Crippen molar-refractivity contribution in [3.8, 4) is 0 Å². The second-order valence-electron chi connectivity index (χ2n) is 17.3. The molecule has 0 spiro atoms. The smallest absolute Gasteiger partial charge is 0.293 e. The van der Waals surface area contributed by atoms with E-state index < -0.39 is 0 Å². The fourth-order valence-corrected chi connectivity index (χ4v) is 9.95. The van der Waals surface area contributed by atoms with Gasteiger partial charge in [-0.25, -0.2) is 19.9 Å². The third-order valence-electron chi connectivity index (χ3n) is 13.4. The number of anilines is 6. The minimum absolute atomic E-state index is 0.0369. The third-order valence-corrected chi connectivity index (χ3v) is 13.4. The third kappa shape index (κ3) is 8.66. The number of fused-ring (bicyclic) bond motifs is 2. The minimum atomic E-state index is -0.324. The van der Waals surface area contributed by atoms with Gasteiger partial charge in [0, 0.05) is 136 Å². The van der Waals surface area contributed by atoms with Gasteiger partial charge in [0.15, 0.2) is 5.78 Å². The van der Waals surface area contributed by atoms with Crippen LogP contribution >= 0.6 is 0 Å². The molecular weight excluding hydrogens is 841 g/mol. The zero-order chi connectivity index (χ0) is 45.1. The van der Waals surface area contributed by atoms with Crippen LogP contribution in [0, 0.1) is 20.2 Å². The average Bonchev–Trinajstić information content (AvgIpc) is 3.36. The molecule has 4 saturated heterocycles. The maximum Gasteiger partial charge on any atom is 0.293 e. The van der Waals surface area contributed by atoms with Crippen LogP contribution in [0.4, 0.5) is 45.8 Å². The lowest BCUT2D eigenvalue weighted by Crippen LogP contribution is -2.43.